The van der Waals surface area contributed by atoms with Crippen LogP contribution in [0.5, 0.6) is 5.75 Å². The third kappa shape index (κ3) is 8.95. The van der Waals surface area contributed by atoms with Crippen LogP contribution in [0.2, 0.25) is 0 Å². The second-order valence-corrected chi connectivity index (χ2v) is 11.2. The molecule has 46 heavy (non-hydrogen) atoms. The normalized spacial score (nSPS) is 14.6. The number of hydrogen-bond donors (Lipinski definition) is 6. The summed E-state index contributed by atoms with van der Waals surface area (Å²) in [5.74, 6) is -0.935. The van der Waals surface area contributed by atoms with E-state index in [0.717, 1.165) is 22.4 Å². The number of fused-ring (bicyclic) bond motifs is 1. The number of aromatic hydroxyl groups is 1. The molecule has 6 N–H and O–H groups in total. The summed E-state index contributed by atoms with van der Waals surface area (Å²) in [6.45, 7) is 8.12. The molecular formula is C35H42N6O5. The molecule has 4 rings (SSSR count). The Bertz CT molecular complexity index is 1530. The van der Waals surface area contributed by atoms with Crippen LogP contribution in [0.15, 0.2) is 85.5 Å². The summed E-state index contributed by atoms with van der Waals surface area (Å²) in [4.78, 5) is 54.2. The Morgan fingerprint density at radius 3 is 2.41 bits per heavy atom. The minimum Gasteiger partial charge on any atom is -0.508 e. The van der Waals surface area contributed by atoms with Crippen LogP contribution in [0.4, 0.5) is 10.5 Å². The summed E-state index contributed by atoms with van der Waals surface area (Å²) in [7, 11) is 0. The number of carbonyl (C=O) groups excluding carboxylic acids is 4. The molecule has 242 valence electrons. The van der Waals surface area contributed by atoms with Gasteiger partial charge in [0.1, 0.15) is 23.7 Å². The largest absolute Gasteiger partial charge is 0.508 e. The van der Waals surface area contributed by atoms with Crippen LogP contribution in [0.25, 0.3) is 0 Å². The van der Waals surface area contributed by atoms with Crippen LogP contribution in [0.3, 0.4) is 0 Å². The first-order valence-corrected chi connectivity index (χ1v) is 15.3. The van der Waals surface area contributed by atoms with E-state index in [0.29, 0.717) is 18.7 Å². The maximum Gasteiger partial charge on any atom is 0.316 e. The average Bonchev–Trinajstić information content (AvgIpc) is 3.49. The Morgan fingerprint density at radius 1 is 0.978 bits per heavy atom. The molecule has 1 heterocycles. The molecule has 0 aromatic heterocycles. The number of nitrogens with one attached hydrogen (secondary N) is 5. The Hall–Kier alpha value is -5.16. The average molecular weight is 627 g/mol. The molecule has 3 aromatic carbocycles. The monoisotopic (exact) mass is 626 g/mol. The first-order chi connectivity index (χ1) is 22.2. The maximum absolute atomic E-state index is 14.0. The number of hydrogen-bond acceptors (Lipinski definition) is 7. The molecule has 11 heteroatoms. The number of anilines is 1. The van der Waals surface area contributed by atoms with Gasteiger partial charge >= 0.3 is 6.03 Å². The van der Waals surface area contributed by atoms with E-state index >= 15 is 0 Å². The molecule has 1 aliphatic heterocycles. The van der Waals surface area contributed by atoms with Crippen LogP contribution in [0.1, 0.15) is 42.0 Å². The Morgan fingerprint density at radius 2 is 1.72 bits per heavy atom. The number of benzene rings is 3. The quantitative estimate of drug-likeness (QED) is 0.0862. The summed E-state index contributed by atoms with van der Waals surface area (Å²) in [5, 5.41) is 24.7. The smallest absolute Gasteiger partial charge is 0.316 e. The van der Waals surface area contributed by atoms with Gasteiger partial charge < -0.3 is 36.6 Å². The number of ketones is 1. The molecule has 0 saturated carbocycles. The molecule has 0 saturated heterocycles. The van der Waals surface area contributed by atoms with Crippen molar-refractivity contribution in [1.82, 2.24) is 26.2 Å². The van der Waals surface area contributed by atoms with Gasteiger partial charge in [0, 0.05) is 38.3 Å². The predicted octanol–water partition coefficient (Wildman–Crippen LogP) is 3.17. The molecule has 4 amide bonds. The minimum absolute atomic E-state index is 0.0647. The molecule has 11 nitrogen and oxygen atoms in total. The summed E-state index contributed by atoms with van der Waals surface area (Å²) in [6, 6.07) is 20.0. The number of urea groups is 1. The molecule has 0 bridgehead atoms. The first kappa shape index (κ1) is 33.7. The van der Waals surface area contributed by atoms with E-state index in [2.05, 4.69) is 33.2 Å². The Labute approximate surface area is 269 Å². The second-order valence-electron chi connectivity index (χ2n) is 11.2. The fourth-order valence-electron chi connectivity index (χ4n) is 5.54. The van der Waals surface area contributed by atoms with Gasteiger partial charge in [-0.2, -0.15) is 0 Å². The van der Waals surface area contributed by atoms with E-state index in [4.69, 9.17) is 0 Å². The Balaban J connectivity index is 1.58. The van der Waals surface area contributed by atoms with Crippen molar-refractivity contribution in [2.75, 3.05) is 25.0 Å². The van der Waals surface area contributed by atoms with Crippen molar-refractivity contribution in [2.24, 2.45) is 0 Å². The van der Waals surface area contributed by atoms with Gasteiger partial charge in [-0.3, -0.25) is 14.4 Å². The van der Waals surface area contributed by atoms with Gasteiger partial charge in [-0.1, -0.05) is 66.7 Å². The van der Waals surface area contributed by atoms with Gasteiger partial charge in [0.15, 0.2) is 0 Å². The van der Waals surface area contributed by atoms with Crippen molar-refractivity contribution >= 4 is 29.3 Å². The number of carbonyl (C=O) groups is 4. The van der Waals surface area contributed by atoms with Crippen LogP contribution < -0.4 is 26.6 Å². The third-order valence-corrected chi connectivity index (χ3v) is 7.89. The first-order valence-electron chi connectivity index (χ1n) is 15.3. The predicted molar refractivity (Wildman–Crippen MR) is 177 cm³/mol. The number of Topliss-reactive ketones (excluding diaryl/α,β-unsaturated/α-hetero) is 1. The fourth-order valence-corrected chi connectivity index (χ4v) is 5.54. The summed E-state index contributed by atoms with van der Waals surface area (Å²) in [6.07, 6.45) is 0.870. The molecular weight excluding hydrogens is 584 g/mol. The summed E-state index contributed by atoms with van der Waals surface area (Å²) < 4.78 is 0. The SMILES string of the molecule is C=CCNCC(=O)N([C@H](C)NC(=O)NCc1ccccc1)[C@@H](Cc1ccc(O)cc1)C(=O)NCc1cccc2c1NCC2C(C)=O. The zero-order chi connectivity index (χ0) is 33.1. The topological polar surface area (TPSA) is 152 Å². The lowest BCUT2D eigenvalue weighted by Gasteiger charge is -2.36. The number of para-hydroxylation sites is 1. The highest BCUT2D eigenvalue weighted by atomic mass is 16.3. The van der Waals surface area contributed by atoms with Crippen LogP contribution in [0, 0.1) is 0 Å². The van der Waals surface area contributed by atoms with Gasteiger partial charge in [0.05, 0.1) is 12.5 Å². The lowest BCUT2D eigenvalue weighted by atomic mass is 9.96. The number of phenolic OH excluding ortho intramolecular Hbond substituents is 1. The maximum atomic E-state index is 14.0. The van der Waals surface area contributed by atoms with Crippen molar-refractivity contribution in [1.29, 1.82) is 0 Å². The fraction of sp³-hybridized carbons (Fsp3) is 0.314. The highest BCUT2D eigenvalue weighted by Gasteiger charge is 2.34. The van der Waals surface area contributed by atoms with E-state index in [9.17, 15) is 24.3 Å². The molecule has 1 unspecified atom stereocenters. The zero-order valence-corrected chi connectivity index (χ0v) is 26.2. The zero-order valence-electron chi connectivity index (χ0n) is 26.2. The lowest BCUT2D eigenvalue weighted by Crippen LogP contribution is -2.61. The number of phenols is 1. The second kappa shape index (κ2) is 16.2. The van der Waals surface area contributed by atoms with Crippen molar-refractivity contribution in [3.63, 3.8) is 0 Å². The van der Waals surface area contributed by atoms with Gasteiger partial charge in [0.25, 0.3) is 0 Å². The highest BCUT2D eigenvalue weighted by molar-refractivity contribution is 5.90. The van der Waals surface area contributed by atoms with Crippen molar-refractivity contribution < 1.29 is 24.3 Å². The lowest BCUT2D eigenvalue weighted by molar-refractivity contribution is -0.142. The van der Waals surface area contributed by atoms with Crippen molar-refractivity contribution in [3.05, 3.63) is 108 Å². The van der Waals surface area contributed by atoms with Gasteiger partial charge in [-0.15, -0.1) is 6.58 Å². The Kier molecular flexibility index (Phi) is 11.9. The number of amides is 4. The van der Waals surface area contributed by atoms with E-state index < -0.39 is 30.1 Å². The van der Waals surface area contributed by atoms with Crippen molar-refractivity contribution in [3.8, 4) is 5.75 Å². The van der Waals surface area contributed by atoms with E-state index in [1.807, 2.05) is 48.5 Å². The molecule has 1 aliphatic rings. The standard InChI is InChI=1S/C35H42N6O5/c1-4-17-36-22-32(44)41(24(3)40-35(46)39-19-26-9-6-5-7-10-26)31(18-25-13-15-28(43)16-14-25)34(45)38-20-27-11-8-12-29-30(23(2)42)21-37-33(27)29/h4-16,24,30-31,36-37,43H,1,17-22H2,2-3H3,(H,38,45)(H2,39,40,46)/t24-,30?,31+/m1/s1. The van der Waals surface area contributed by atoms with E-state index in [1.165, 1.54) is 17.0 Å². The third-order valence-electron chi connectivity index (χ3n) is 7.89. The van der Waals surface area contributed by atoms with Crippen molar-refractivity contribution in [2.45, 2.75) is 51.5 Å². The van der Waals surface area contributed by atoms with E-state index in [1.54, 1.807) is 32.1 Å². The molecule has 0 radical (unpaired) electrons. The van der Waals surface area contributed by atoms with Crippen LogP contribution >= 0.6 is 0 Å². The number of nitrogens with zero attached hydrogens (tertiary/aromatic N) is 1. The number of rotatable bonds is 15. The minimum atomic E-state index is -1.03. The molecule has 3 atom stereocenters. The van der Waals surface area contributed by atoms with Gasteiger partial charge in [-0.25, -0.2) is 4.79 Å². The van der Waals surface area contributed by atoms with E-state index in [-0.39, 0.29) is 43.5 Å². The van der Waals surface area contributed by atoms with Crippen LogP contribution in [-0.2, 0) is 33.9 Å². The summed E-state index contributed by atoms with van der Waals surface area (Å²) >= 11 is 0. The molecule has 0 aliphatic carbocycles. The summed E-state index contributed by atoms with van der Waals surface area (Å²) in [5.41, 5.74) is 4.15. The van der Waals surface area contributed by atoms with Crippen LogP contribution in [-0.4, -0.2) is 65.5 Å². The van der Waals surface area contributed by atoms with Gasteiger partial charge in [-0.05, 0) is 48.2 Å². The van der Waals surface area contributed by atoms with Gasteiger partial charge in [0.2, 0.25) is 11.8 Å². The molecule has 3 aromatic rings. The molecule has 0 spiro atoms. The molecule has 0 fully saturated rings. The highest BCUT2D eigenvalue weighted by Crippen LogP contribution is 2.34.